The molecule has 7 heteroatoms. The number of amides is 2. The van der Waals surface area contributed by atoms with Crippen LogP contribution in [-0.2, 0) is 19.1 Å². The summed E-state index contributed by atoms with van der Waals surface area (Å²) in [5.41, 5.74) is 4.30. The van der Waals surface area contributed by atoms with Crippen molar-refractivity contribution in [3.63, 3.8) is 0 Å². The first-order chi connectivity index (χ1) is 8.60. The van der Waals surface area contributed by atoms with E-state index >= 15 is 0 Å². The average molecular weight is 260 g/mol. The molecule has 0 aliphatic carbocycles. The summed E-state index contributed by atoms with van der Waals surface area (Å²) in [6, 6.07) is 0. The lowest BCUT2D eigenvalue weighted by Crippen LogP contribution is -2.41. The number of carbonyl (C=O) groups excluding carboxylic acids is 3. The smallest absolute Gasteiger partial charge is 0.426 e. The van der Waals surface area contributed by atoms with Gasteiger partial charge in [0.05, 0.1) is 13.7 Å². The van der Waals surface area contributed by atoms with Gasteiger partial charge in [-0.1, -0.05) is 13.3 Å². The van der Waals surface area contributed by atoms with E-state index in [9.17, 15) is 14.4 Å². The number of hydrogen-bond donors (Lipinski definition) is 2. The molecule has 0 fully saturated rings. The maximum atomic E-state index is 11.2. The van der Waals surface area contributed by atoms with Crippen molar-refractivity contribution < 1.29 is 23.9 Å². The quantitative estimate of drug-likeness (QED) is 0.403. The average Bonchev–Trinajstić information content (AvgIpc) is 2.36. The van der Waals surface area contributed by atoms with Crippen molar-refractivity contribution in [2.45, 2.75) is 39.0 Å². The second kappa shape index (κ2) is 10.4. The molecule has 0 aliphatic rings. The van der Waals surface area contributed by atoms with Crippen LogP contribution in [0.2, 0.25) is 0 Å². The van der Waals surface area contributed by atoms with Crippen molar-refractivity contribution in [2.75, 3.05) is 13.7 Å². The number of esters is 1. The van der Waals surface area contributed by atoms with Crippen LogP contribution in [-0.4, -0.2) is 31.7 Å². The van der Waals surface area contributed by atoms with Crippen LogP contribution in [0.15, 0.2) is 0 Å². The fraction of sp³-hybridized carbons (Fsp3) is 0.727. The molecule has 0 aliphatic heterocycles. The fourth-order valence-corrected chi connectivity index (χ4v) is 1.02. The van der Waals surface area contributed by atoms with E-state index in [2.05, 4.69) is 15.6 Å². The Morgan fingerprint density at radius 1 is 1.06 bits per heavy atom. The molecule has 7 nitrogen and oxygen atoms in total. The molecule has 104 valence electrons. The van der Waals surface area contributed by atoms with Gasteiger partial charge >= 0.3 is 12.1 Å². The van der Waals surface area contributed by atoms with Gasteiger partial charge < -0.3 is 9.47 Å². The van der Waals surface area contributed by atoms with E-state index in [1.165, 1.54) is 7.11 Å². The Labute approximate surface area is 106 Å². The molecule has 0 spiro atoms. The van der Waals surface area contributed by atoms with Crippen molar-refractivity contribution in [2.24, 2.45) is 0 Å². The van der Waals surface area contributed by atoms with E-state index in [-0.39, 0.29) is 24.7 Å². The number of unbranched alkanes of at least 4 members (excludes halogenated alkanes) is 1. The minimum absolute atomic E-state index is 0.129. The minimum Gasteiger partial charge on any atom is -0.469 e. The molecule has 0 saturated carbocycles. The highest BCUT2D eigenvalue weighted by molar-refractivity contribution is 5.79. The van der Waals surface area contributed by atoms with Gasteiger partial charge in [-0.15, -0.1) is 0 Å². The summed E-state index contributed by atoms with van der Waals surface area (Å²) in [7, 11) is 1.29. The Morgan fingerprint density at radius 2 is 1.78 bits per heavy atom. The van der Waals surface area contributed by atoms with Crippen LogP contribution in [0.25, 0.3) is 0 Å². The second-order valence-electron chi connectivity index (χ2n) is 3.59. The molecule has 0 atom stereocenters. The number of carbonyl (C=O) groups is 3. The zero-order valence-electron chi connectivity index (χ0n) is 10.8. The predicted octanol–water partition coefficient (Wildman–Crippen LogP) is 0.887. The van der Waals surface area contributed by atoms with Gasteiger partial charge in [-0.05, 0) is 12.8 Å². The zero-order valence-corrected chi connectivity index (χ0v) is 10.8. The highest BCUT2D eigenvalue weighted by Gasteiger charge is 2.06. The largest absolute Gasteiger partial charge is 0.469 e. The number of hydrazine groups is 1. The van der Waals surface area contributed by atoms with Gasteiger partial charge in [-0.25, -0.2) is 10.2 Å². The molecule has 0 radical (unpaired) electrons. The van der Waals surface area contributed by atoms with E-state index in [4.69, 9.17) is 4.74 Å². The van der Waals surface area contributed by atoms with Crippen molar-refractivity contribution in [1.29, 1.82) is 0 Å². The molecule has 0 aromatic rings. The van der Waals surface area contributed by atoms with Gasteiger partial charge in [0.25, 0.3) is 0 Å². The van der Waals surface area contributed by atoms with E-state index in [1.807, 2.05) is 6.92 Å². The van der Waals surface area contributed by atoms with Crippen molar-refractivity contribution >= 4 is 18.0 Å². The summed E-state index contributed by atoms with van der Waals surface area (Å²) in [6.45, 7) is 2.30. The molecule has 0 bridgehead atoms. The Hall–Kier alpha value is -1.79. The molecular formula is C11H20N2O5. The summed E-state index contributed by atoms with van der Waals surface area (Å²) in [5.74, 6) is -0.749. The van der Waals surface area contributed by atoms with Gasteiger partial charge in [0.2, 0.25) is 5.91 Å². The number of ether oxygens (including phenoxy) is 2. The second-order valence-corrected chi connectivity index (χ2v) is 3.59. The molecule has 0 heterocycles. The lowest BCUT2D eigenvalue weighted by atomic mass is 10.2. The summed E-state index contributed by atoms with van der Waals surface area (Å²) >= 11 is 0. The first kappa shape index (κ1) is 16.2. The fourth-order valence-electron chi connectivity index (χ4n) is 1.02. The molecule has 2 amide bonds. The Bertz CT molecular complexity index is 281. The number of rotatable bonds is 7. The monoisotopic (exact) mass is 260 g/mol. The minimum atomic E-state index is -0.690. The van der Waals surface area contributed by atoms with Crippen LogP contribution in [0.1, 0.15) is 39.0 Å². The molecule has 2 N–H and O–H groups in total. The zero-order chi connectivity index (χ0) is 13.8. The van der Waals surface area contributed by atoms with Crippen LogP contribution in [0, 0.1) is 0 Å². The van der Waals surface area contributed by atoms with Crippen LogP contribution in [0.4, 0.5) is 4.79 Å². The summed E-state index contributed by atoms with van der Waals surface area (Å²) in [4.78, 5) is 33.0. The lowest BCUT2D eigenvalue weighted by molar-refractivity contribution is -0.140. The number of nitrogens with one attached hydrogen (secondary N) is 2. The van der Waals surface area contributed by atoms with E-state index < -0.39 is 6.09 Å². The van der Waals surface area contributed by atoms with Gasteiger partial charge in [0.1, 0.15) is 0 Å². The van der Waals surface area contributed by atoms with Gasteiger partial charge in [-0.2, -0.15) is 0 Å². The topological polar surface area (TPSA) is 93.7 Å². The Kier molecular flexibility index (Phi) is 9.34. The maximum Gasteiger partial charge on any atom is 0.426 e. The summed E-state index contributed by atoms with van der Waals surface area (Å²) in [6.07, 6.45) is 1.68. The van der Waals surface area contributed by atoms with Crippen LogP contribution in [0.3, 0.4) is 0 Å². The van der Waals surface area contributed by atoms with Crippen LogP contribution < -0.4 is 10.9 Å². The van der Waals surface area contributed by atoms with E-state index in [0.29, 0.717) is 13.0 Å². The van der Waals surface area contributed by atoms with Crippen molar-refractivity contribution in [3.05, 3.63) is 0 Å². The Morgan fingerprint density at radius 3 is 2.39 bits per heavy atom. The maximum absolute atomic E-state index is 11.2. The normalized spacial score (nSPS) is 9.44. The Balaban J connectivity index is 3.52. The molecular weight excluding hydrogens is 240 g/mol. The molecule has 0 saturated heterocycles. The van der Waals surface area contributed by atoms with Crippen molar-refractivity contribution in [1.82, 2.24) is 10.9 Å². The third-order valence-corrected chi connectivity index (χ3v) is 2.05. The molecule has 0 aromatic heterocycles. The number of methoxy groups -OCH3 is 1. The number of hydrogen-bond acceptors (Lipinski definition) is 5. The molecule has 0 unspecified atom stereocenters. The summed E-state index contributed by atoms with van der Waals surface area (Å²) < 4.78 is 9.18. The molecule has 0 aromatic carbocycles. The first-order valence-electron chi connectivity index (χ1n) is 5.88. The SMILES string of the molecule is CCCCOC(=O)NNC(=O)CCCC(=O)OC. The van der Waals surface area contributed by atoms with Crippen LogP contribution in [0.5, 0.6) is 0 Å². The lowest BCUT2D eigenvalue weighted by Gasteiger charge is -2.07. The van der Waals surface area contributed by atoms with Crippen LogP contribution >= 0.6 is 0 Å². The highest BCUT2D eigenvalue weighted by Crippen LogP contribution is 1.96. The third-order valence-electron chi connectivity index (χ3n) is 2.05. The first-order valence-corrected chi connectivity index (χ1v) is 5.88. The standard InChI is InChI=1S/C11H20N2O5/c1-3-4-8-18-11(16)13-12-9(14)6-5-7-10(15)17-2/h3-8H2,1-2H3,(H,12,14)(H,13,16). The van der Waals surface area contributed by atoms with Gasteiger partial charge in [-0.3, -0.25) is 15.0 Å². The van der Waals surface area contributed by atoms with Crippen molar-refractivity contribution in [3.8, 4) is 0 Å². The van der Waals surface area contributed by atoms with E-state index in [1.54, 1.807) is 0 Å². The summed E-state index contributed by atoms with van der Waals surface area (Å²) in [5, 5.41) is 0. The predicted molar refractivity (Wildman–Crippen MR) is 63.4 cm³/mol. The van der Waals surface area contributed by atoms with Gasteiger partial charge in [0.15, 0.2) is 0 Å². The van der Waals surface area contributed by atoms with Gasteiger partial charge in [0, 0.05) is 12.8 Å². The molecule has 0 rings (SSSR count). The molecule has 18 heavy (non-hydrogen) atoms. The van der Waals surface area contributed by atoms with E-state index in [0.717, 1.165) is 12.8 Å². The highest BCUT2D eigenvalue weighted by atomic mass is 16.6. The third kappa shape index (κ3) is 9.44.